The highest BCUT2D eigenvalue weighted by Crippen LogP contribution is 2.41. The summed E-state index contributed by atoms with van der Waals surface area (Å²) in [6.45, 7) is 2.47. The number of carboxylic acid groups (broad SMARTS) is 1. The van der Waals surface area contributed by atoms with E-state index in [9.17, 15) is 9.59 Å². The Morgan fingerprint density at radius 1 is 1.27 bits per heavy atom. The Kier molecular flexibility index (Phi) is 6.20. The highest BCUT2D eigenvalue weighted by molar-refractivity contribution is 6.31. The molecule has 3 rings (SSSR count). The number of carbonyl (C=O) groups is 2. The highest BCUT2D eigenvalue weighted by Gasteiger charge is 2.45. The predicted molar refractivity (Wildman–Crippen MR) is 99.4 cm³/mol. The van der Waals surface area contributed by atoms with Crippen molar-refractivity contribution in [2.24, 2.45) is 5.92 Å². The SMILES string of the molecule is O=C(O)CCC1CCCN(C(=O)C2(c3ccccc3Cl)CCOCC2)C1. The molecule has 2 aliphatic rings. The van der Waals surface area contributed by atoms with Crippen molar-refractivity contribution in [2.75, 3.05) is 26.3 Å². The Balaban J connectivity index is 1.82. The number of carboxylic acids is 1. The second-order valence-electron chi connectivity index (χ2n) is 7.37. The summed E-state index contributed by atoms with van der Waals surface area (Å²) in [6, 6.07) is 7.61. The summed E-state index contributed by atoms with van der Waals surface area (Å²) >= 11 is 6.47. The third kappa shape index (κ3) is 4.04. The van der Waals surface area contributed by atoms with Crippen molar-refractivity contribution in [1.29, 1.82) is 0 Å². The van der Waals surface area contributed by atoms with Crippen LogP contribution in [0, 0.1) is 5.92 Å². The van der Waals surface area contributed by atoms with Gasteiger partial charge in [-0.1, -0.05) is 29.8 Å². The van der Waals surface area contributed by atoms with E-state index in [-0.39, 0.29) is 18.2 Å². The molecule has 0 spiro atoms. The average Bonchev–Trinajstić information content (AvgIpc) is 2.67. The number of amides is 1. The lowest BCUT2D eigenvalue weighted by molar-refractivity contribution is -0.143. The molecule has 0 radical (unpaired) electrons. The Labute approximate surface area is 159 Å². The molecule has 1 N–H and O–H groups in total. The molecule has 1 unspecified atom stereocenters. The van der Waals surface area contributed by atoms with Crippen LogP contribution in [0.4, 0.5) is 0 Å². The number of hydrogen-bond acceptors (Lipinski definition) is 3. The minimum Gasteiger partial charge on any atom is -0.481 e. The summed E-state index contributed by atoms with van der Waals surface area (Å²) in [7, 11) is 0. The van der Waals surface area contributed by atoms with Crippen LogP contribution in [-0.2, 0) is 19.7 Å². The summed E-state index contributed by atoms with van der Waals surface area (Å²) in [4.78, 5) is 26.4. The number of ether oxygens (including phenoxy) is 1. The lowest BCUT2D eigenvalue weighted by atomic mass is 9.72. The van der Waals surface area contributed by atoms with Gasteiger partial charge in [0.2, 0.25) is 5.91 Å². The smallest absolute Gasteiger partial charge is 0.303 e. The molecular weight excluding hydrogens is 354 g/mol. The number of benzene rings is 1. The number of halogens is 1. The predicted octanol–water partition coefficient (Wildman–Crippen LogP) is 3.49. The van der Waals surface area contributed by atoms with Crippen LogP contribution in [0.25, 0.3) is 0 Å². The van der Waals surface area contributed by atoms with Crippen LogP contribution in [0.5, 0.6) is 0 Å². The van der Waals surface area contributed by atoms with Crippen molar-refractivity contribution in [2.45, 2.75) is 43.9 Å². The fourth-order valence-electron chi connectivity index (χ4n) is 4.28. The van der Waals surface area contributed by atoms with Crippen LogP contribution in [-0.4, -0.2) is 48.2 Å². The molecule has 0 bridgehead atoms. The fourth-order valence-corrected chi connectivity index (χ4v) is 4.60. The van der Waals surface area contributed by atoms with Gasteiger partial charge in [0.15, 0.2) is 0 Å². The molecule has 6 heteroatoms. The highest BCUT2D eigenvalue weighted by atomic mass is 35.5. The molecule has 5 nitrogen and oxygen atoms in total. The standard InChI is InChI=1S/C20H26ClNO4/c21-17-6-2-1-5-16(17)20(9-12-26-13-10-20)19(25)22-11-3-4-15(14-22)7-8-18(23)24/h1-2,5-6,15H,3-4,7-14H2,(H,23,24). The molecule has 0 aromatic heterocycles. The number of carbonyl (C=O) groups excluding carboxylic acids is 1. The first-order valence-electron chi connectivity index (χ1n) is 9.37. The number of aliphatic carboxylic acids is 1. The van der Waals surface area contributed by atoms with Crippen LogP contribution in [0.3, 0.4) is 0 Å². The molecule has 2 saturated heterocycles. The maximum absolute atomic E-state index is 13.6. The zero-order valence-electron chi connectivity index (χ0n) is 15.0. The summed E-state index contributed by atoms with van der Waals surface area (Å²) in [5.74, 6) is -0.397. The van der Waals surface area contributed by atoms with Crippen LogP contribution in [0.1, 0.15) is 44.1 Å². The van der Waals surface area contributed by atoms with Crippen LogP contribution in [0.2, 0.25) is 5.02 Å². The number of hydrogen-bond donors (Lipinski definition) is 1. The first-order chi connectivity index (χ1) is 12.5. The molecule has 1 amide bonds. The van der Waals surface area contributed by atoms with E-state index < -0.39 is 11.4 Å². The van der Waals surface area contributed by atoms with E-state index in [0.29, 0.717) is 44.0 Å². The summed E-state index contributed by atoms with van der Waals surface area (Å²) < 4.78 is 5.53. The molecule has 1 aromatic carbocycles. The van der Waals surface area contributed by atoms with Crippen molar-refractivity contribution in [3.8, 4) is 0 Å². The Morgan fingerprint density at radius 3 is 2.69 bits per heavy atom. The second kappa shape index (κ2) is 8.40. The minimum atomic E-state index is -0.773. The maximum atomic E-state index is 13.6. The molecule has 142 valence electrons. The average molecular weight is 380 g/mol. The van der Waals surface area contributed by atoms with E-state index in [1.54, 1.807) is 0 Å². The van der Waals surface area contributed by atoms with Gasteiger partial charge in [-0.05, 0) is 49.7 Å². The summed E-state index contributed by atoms with van der Waals surface area (Å²) in [5.41, 5.74) is 0.258. The molecule has 2 heterocycles. The summed E-state index contributed by atoms with van der Waals surface area (Å²) in [5, 5.41) is 9.56. The lowest BCUT2D eigenvalue weighted by Gasteiger charge is -2.43. The molecule has 1 aromatic rings. The van der Waals surface area contributed by atoms with E-state index >= 15 is 0 Å². The maximum Gasteiger partial charge on any atom is 0.303 e. The van der Waals surface area contributed by atoms with E-state index in [2.05, 4.69) is 0 Å². The Morgan fingerprint density at radius 2 is 2.00 bits per heavy atom. The van der Waals surface area contributed by atoms with Gasteiger partial charge in [-0.15, -0.1) is 0 Å². The van der Waals surface area contributed by atoms with Crippen molar-refractivity contribution < 1.29 is 19.4 Å². The second-order valence-corrected chi connectivity index (χ2v) is 7.77. The van der Waals surface area contributed by atoms with Crippen molar-refractivity contribution in [3.05, 3.63) is 34.9 Å². The number of likely N-dealkylation sites (tertiary alicyclic amines) is 1. The van der Waals surface area contributed by atoms with Gasteiger partial charge in [0.1, 0.15) is 0 Å². The molecule has 2 aliphatic heterocycles. The quantitative estimate of drug-likeness (QED) is 0.850. The van der Waals surface area contributed by atoms with E-state index in [4.69, 9.17) is 21.4 Å². The molecule has 26 heavy (non-hydrogen) atoms. The molecule has 0 saturated carbocycles. The zero-order chi connectivity index (χ0) is 18.6. The first kappa shape index (κ1) is 19.2. The fraction of sp³-hybridized carbons (Fsp3) is 0.600. The number of rotatable bonds is 5. The van der Waals surface area contributed by atoms with Crippen LogP contribution >= 0.6 is 11.6 Å². The monoisotopic (exact) mass is 379 g/mol. The van der Waals surface area contributed by atoms with Crippen LogP contribution < -0.4 is 0 Å². The first-order valence-corrected chi connectivity index (χ1v) is 9.74. The Bertz CT molecular complexity index is 657. The lowest BCUT2D eigenvalue weighted by Crippen LogP contribution is -2.52. The van der Waals surface area contributed by atoms with E-state index in [1.165, 1.54) is 0 Å². The third-order valence-corrected chi connectivity index (χ3v) is 6.05. The molecule has 1 atom stereocenters. The van der Waals surface area contributed by atoms with Crippen molar-refractivity contribution >= 4 is 23.5 Å². The number of piperidine rings is 1. The summed E-state index contributed by atoms with van der Waals surface area (Å²) in [6.07, 6.45) is 3.96. The van der Waals surface area contributed by atoms with Gasteiger partial charge >= 0.3 is 5.97 Å². The van der Waals surface area contributed by atoms with Gasteiger partial charge in [-0.25, -0.2) is 0 Å². The normalized spacial score (nSPS) is 22.8. The van der Waals surface area contributed by atoms with Gasteiger partial charge in [0, 0.05) is 37.7 Å². The van der Waals surface area contributed by atoms with Gasteiger partial charge in [-0.2, -0.15) is 0 Å². The topological polar surface area (TPSA) is 66.8 Å². The Hall–Kier alpha value is -1.59. The third-order valence-electron chi connectivity index (χ3n) is 5.72. The molecule has 2 fully saturated rings. The molecular formula is C20H26ClNO4. The number of nitrogens with zero attached hydrogens (tertiary/aromatic N) is 1. The van der Waals surface area contributed by atoms with Gasteiger partial charge in [0.05, 0.1) is 5.41 Å². The van der Waals surface area contributed by atoms with Crippen LogP contribution in [0.15, 0.2) is 24.3 Å². The van der Waals surface area contributed by atoms with E-state index in [0.717, 1.165) is 24.9 Å². The zero-order valence-corrected chi connectivity index (χ0v) is 15.7. The van der Waals surface area contributed by atoms with Crippen molar-refractivity contribution in [3.63, 3.8) is 0 Å². The van der Waals surface area contributed by atoms with Gasteiger partial charge in [0.25, 0.3) is 0 Å². The van der Waals surface area contributed by atoms with Gasteiger partial charge < -0.3 is 14.7 Å². The largest absolute Gasteiger partial charge is 0.481 e. The van der Waals surface area contributed by atoms with Gasteiger partial charge in [-0.3, -0.25) is 9.59 Å². The minimum absolute atomic E-state index is 0.119. The van der Waals surface area contributed by atoms with E-state index in [1.807, 2.05) is 29.2 Å². The van der Waals surface area contributed by atoms with Crippen molar-refractivity contribution in [1.82, 2.24) is 4.90 Å². The molecule has 0 aliphatic carbocycles.